The van der Waals surface area contributed by atoms with Crippen LogP contribution in [0.25, 0.3) is 0 Å². The first kappa shape index (κ1) is 8.35. The van der Waals surface area contributed by atoms with E-state index in [0.717, 1.165) is 12.3 Å². The lowest BCUT2D eigenvalue weighted by Gasteiger charge is -1.87. The number of rotatable bonds is 4. The van der Waals surface area contributed by atoms with Gasteiger partial charge >= 0.3 is 19.3 Å². The lowest BCUT2D eigenvalue weighted by Crippen LogP contribution is -1.78. The maximum atomic E-state index is 5.53. The van der Waals surface area contributed by atoms with Crippen LogP contribution in [0, 0.1) is 0 Å². The first-order valence-electron chi connectivity index (χ1n) is 2.53. The summed E-state index contributed by atoms with van der Waals surface area (Å²) in [5.41, 5.74) is 0. The molecule has 0 aromatic rings. The molecule has 0 atom stereocenters. The molecule has 0 N–H and O–H groups in total. The molecule has 0 amide bonds. The van der Waals surface area contributed by atoms with E-state index in [2.05, 4.69) is 0 Å². The molecule has 0 heterocycles. The maximum Gasteiger partial charge on any atom is 0.501 e. The van der Waals surface area contributed by atoms with Gasteiger partial charge in [0.2, 0.25) is 0 Å². The molecule has 7 heavy (non-hydrogen) atoms. The molecule has 0 unspecified atom stereocenters. The Labute approximate surface area is 63.1 Å². The minimum atomic E-state index is -0.193. The molecule has 40 valence electrons. The van der Waals surface area contributed by atoms with Crippen molar-refractivity contribution >= 4 is 39.9 Å². The fraction of sp³-hybridized carbons (Fsp3) is 1.00. The van der Waals surface area contributed by atoms with Crippen molar-refractivity contribution in [2.75, 3.05) is 5.88 Å². The summed E-state index contributed by atoms with van der Waals surface area (Å²) in [4.78, 5) is 0. The second-order valence-electron chi connectivity index (χ2n) is 1.44. The third-order valence-electron chi connectivity index (χ3n) is 0.767. The first-order valence-corrected chi connectivity index (χ1v) is 6.21. The van der Waals surface area contributed by atoms with Crippen molar-refractivity contribution in [3.8, 4) is 0 Å². The quantitative estimate of drug-likeness (QED) is 0.328. The Morgan fingerprint density at radius 2 is 2.00 bits per heavy atom. The predicted molar refractivity (Wildman–Crippen MR) is 36.4 cm³/mol. The summed E-state index contributed by atoms with van der Waals surface area (Å²) < 4.78 is 1.24. The zero-order valence-corrected chi connectivity index (χ0v) is 7.22. The maximum absolute atomic E-state index is 5.53. The fourth-order valence-electron chi connectivity index (χ4n) is 0.366. The molecule has 0 spiro atoms. The summed E-state index contributed by atoms with van der Waals surface area (Å²) in [6.07, 6.45) is 2.38. The van der Waals surface area contributed by atoms with E-state index in [-0.39, 0.29) is 19.3 Å². The number of hydrogen-bond acceptors (Lipinski definition) is 0. The van der Waals surface area contributed by atoms with Gasteiger partial charge < -0.3 is 9.07 Å². The van der Waals surface area contributed by atoms with Crippen molar-refractivity contribution in [3.63, 3.8) is 0 Å². The molecule has 0 bridgehead atoms. The molecule has 0 saturated heterocycles. The topological polar surface area (TPSA) is 0 Å². The highest BCUT2D eigenvalue weighted by atomic mass is 35.5. The molecule has 0 radical (unpaired) electrons. The van der Waals surface area contributed by atoms with E-state index in [1.807, 2.05) is 0 Å². The Balaban J connectivity index is 2.45. The Hall–Kier alpha value is 1.35. The second kappa shape index (κ2) is 7.35. The molecular formula is C4H8Cl2Mg. The van der Waals surface area contributed by atoms with E-state index < -0.39 is 0 Å². The van der Waals surface area contributed by atoms with Crippen LogP contribution in [-0.4, -0.2) is 25.1 Å². The Kier molecular flexibility index (Phi) is 8.76. The van der Waals surface area contributed by atoms with E-state index in [4.69, 9.17) is 20.7 Å². The van der Waals surface area contributed by atoms with Gasteiger partial charge in [-0.15, -0.1) is 16.2 Å². The van der Waals surface area contributed by atoms with Crippen LogP contribution in [0.2, 0.25) is 4.55 Å². The average Bonchev–Trinajstić information content (AvgIpc) is 1.69. The van der Waals surface area contributed by atoms with Gasteiger partial charge in [0.25, 0.3) is 0 Å². The summed E-state index contributed by atoms with van der Waals surface area (Å²) in [7, 11) is 5.53. The van der Waals surface area contributed by atoms with Gasteiger partial charge in [0.15, 0.2) is 0 Å². The van der Waals surface area contributed by atoms with Crippen LogP contribution < -0.4 is 0 Å². The summed E-state index contributed by atoms with van der Waals surface area (Å²) in [5.74, 6) is 0.797. The molecule has 3 heteroatoms. The molecule has 0 nitrogen and oxygen atoms in total. The summed E-state index contributed by atoms with van der Waals surface area (Å²) in [5, 5.41) is 0. The first-order chi connectivity index (χ1) is 3.41. The number of alkyl halides is 1. The lowest BCUT2D eigenvalue weighted by molar-refractivity contribution is 0.889. The Morgan fingerprint density at radius 1 is 1.29 bits per heavy atom. The number of halogens is 2. The van der Waals surface area contributed by atoms with Gasteiger partial charge in [-0.05, 0) is 6.42 Å². The van der Waals surface area contributed by atoms with Crippen molar-refractivity contribution in [1.82, 2.24) is 0 Å². The SMILES string of the molecule is ClCCC[CH2][Mg][Cl]. The monoisotopic (exact) mass is 150 g/mol. The molecule has 0 aliphatic rings. The third kappa shape index (κ3) is 7.35. The predicted octanol–water partition coefficient (Wildman–Crippen LogP) is 2.28. The standard InChI is InChI=1S/C4H8Cl.ClH.Mg/c1-2-3-4-5;;/h1-4H2;1H;/q;;+1/p-1. The zero-order chi connectivity index (χ0) is 5.54. The van der Waals surface area contributed by atoms with Crippen LogP contribution in [0.1, 0.15) is 12.8 Å². The van der Waals surface area contributed by atoms with Crippen LogP contribution in [0.15, 0.2) is 0 Å². The van der Waals surface area contributed by atoms with E-state index in [1.54, 1.807) is 0 Å². The molecule has 0 rings (SSSR count). The highest BCUT2D eigenvalue weighted by Crippen LogP contribution is 1.97. The summed E-state index contributed by atoms with van der Waals surface area (Å²) in [6, 6.07) is 0. The lowest BCUT2D eigenvalue weighted by atomic mass is 10.4. The molecule has 0 aromatic carbocycles. The second-order valence-corrected chi connectivity index (χ2v) is 4.04. The van der Waals surface area contributed by atoms with E-state index in [1.165, 1.54) is 11.0 Å². The van der Waals surface area contributed by atoms with E-state index >= 15 is 0 Å². The van der Waals surface area contributed by atoms with Crippen LogP contribution in [-0.2, 0) is 0 Å². The smallest absolute Gasteiger partial charge is 0.346 e. The normalized spacial score (nSPS) is 8.29. The van der Waals surface area contributed by atoms with Gasteiger partial charge in [-0.1, -0.05) is 6.42 Å². The minimum Gasteiger partial charge on any atom is -0.346 e. The third-order valence-corrected chi connectivity index (χ3v) is 2.60. The van der Waals surface area contributed by atoms with Gasteiger partial charge in [-0.2, -0.15) is 0 Å². The number of hydrogen-bond donors (Lipinski definition) is 0. The highest BCUT2D eigenvalue weighted by molar-refractivity contribution is 6.93. The van der Waals surface area contributed by atoms with Gasteiger partial charge in [-0.25, -0.2) is 0 Å². The minimum absolute atomic E-state index is 0.193. The molecule has 0 aromatic heterocycles. The summed E-state index contributed by atoms with van der Waals surface area (Å²) in [6.45, 7) is 0. The molecule has 0 aliphatic heterocycles. The molecule has 0 fully saturated rings. The molecular weight excluding hydrogens is 143 g/mol. The van der Waals surface area contributed by atoms with Crippen molar-refractivity contribution < 1.29 is 0 Å². The van der Waals surface area contributed by atoms with E-state index in [9.17, 15) is 0 Å². The Bertz CT molecular complexity index is 28.9. The van der Waals surface area contributed by atoms with Gasteiger partial charge in [0.05, 0.1) is 0 Å². The van der Waals surface area contributed by atoms with Crippen LogP contribution in [0.4, 0.5) is 0 Å². The zero-order valence-electron chi connectivity index (χ0n) is 4.29. The molecule has 0 aliphatic carbocycles. The molecule has 0 saturated carbocycles. The van der Waals surface area contributed by atoms with E-state index in [0.29, 0.717) is 0 Å². The van der Waals surface area contributed by atoms with Crippen molar-refractivity contribution in [2.24, 2.45) is 0 Å². The highest BCUT2D eigenvalue weighted by Gasteiger charge is 1.88. The number of unbranched alkanes of at least 4 members (excludes halogenated alkanes) is 1. The van der Waals surface area contributed by atoms with Crippen molar-refractivity contribution in [2.45, 2.75) is 17.4 Å². The fourth-order valence-corrected chi connectivity index (χ4v) is 1.66. The van der Waals surface area contributed by atoms with Gasteiger partial charge in [0.1, 0.15) is 0 Å². The van der Waals surface area contributed by atoms with Crippen molar-refractivity contribution in [1.29, 1.82) is 0 Å². The van der Waals surface area contributed by atoms with Gasteiger partial charge in [-0.3, -0.25) is 0 Å². The summed E-state index contributed by atoms with van der Waals surface area (Å²) >= 11 is 5.22. The van der Waals surface area contributed by atoms with Crippen molar-refractivity contribution in [3.05, 3.63) is 0 Å². The van der Waals surface area contributed by atoms with Crippen LogP contribution in [0.3, 0.4) is 0 Å². The van der Waals surface area contributed by atoms with Crippen LogP contribution in [0.5, 0.6) is 0 Å². The average molecular weight is 151 g/mol. The van der Waals surface area contributed by atoms with Crippen LogP contribution >= 0.6 is 20.7 Å². The van der Waals surface area contributed by atoms with Gasteiger partial charge in [0, 0.05) is 5.88 Å². The Morgan fingerprint density at radius 3 is 2.43 bits per heavy atom. The largest absolute Gasteiger partial charge is 0.501 e.